The van der Waals surface area contributed by atoms with Crippen molar-refractivity contribution in [3.8, 4) is 0 Å². The smallest absolute Gasteiger partial charge is 0.301 e. The lowest BCUT2D eigenvalue weighted by Gasteiger charge is -2.23. The van der Waals surface area contributed by atoms with Gasteiger partial charge in [0.1, 0.15) is 0 Å². The minimum atomic E-state index is -0.481. The Labute approximate surface area is 161 Å². The van der Waals surface area contributed by atoms with E-state index in [2.05, 4.69) is 56.9 Å². The fraction of sp³-hybridized carbons (Fsp3) is 0.783. The van der Waals surface area contributed by atoms with Crippen molar-refractivity contribution in [3.05, 3.63) is 24.3 Å². The van der Waals surface area contributed by atoms with E-state index in [0.29, 0.717) is 0 Å². The van der Waals surface area contributed by atoms with Crippen molar-refractivity contribution in [2.24, 2.45) is 11.3 Å². The fourth-order valence-electron chi connectivity index (χ4n) is 3.14. The average molecular weight is 367 g/mol. The zero-order valence-electron chi connectivity index (χ0n) is 17.6. The lowest BCUT2D eigenvalue weighted by molar-refractivity contribution is -0.240. The summed E-state index contributed by atoms with van der Waals surface area (Å²) in [4.78, 5) is 15.6. The van der Waals surface area contributed by atoms with Gasteiger partial charge in [-0.05, 0) is 50.4 Å². The van der Waals surface area contributed by atoms with Crippen LogP contribution in [-0.2, 0) is 9.68 Å². The molecule has 0 aliphatic rings. The lowest BCUT2D eigenvalue weighted by Crippen LogP contribution is -2.22. The Morgan fingerprint density at radius 1 is 0.923 bits per heavy atom. The zero-order chi connectivity index (χ0) is 19.7. The van der Waals surface area contributed by atoms with Gasteiger partial charge in [-0.1, -0.05) is 84.1 Å². The van der Waals surface area contributed by atoms with Gasteiger partial charge in [0, 0.05) is 0 Å². The maximum Gasteiger partial charge on any atom is 0.345 e. The lowest BCUT2D eigenvalue weighted by atomic mass is 9.82. The topological polar surface area (TPSA) is 46.5 Å². The third-order valence-corrected chi connectivity index (χ3v) is 4.54. The highest BCUT2D eigenvalue weighted by atomic mass is 17.1. The molecule has 0 bridgehead atoms. The Hall–Kier alpha value is -1.09. The van der Waals surface area contributed by atoms with Crippen LogP contribution >= 0.6 is 0 Å². The maximum absolute atomic E-state index is 11.7. The van der Waals surface area contributed by atoms with Crippen molar-refractivity contribution >= 4 is 5.97 Å². The van der Waals surface area contributed by atoms with E-state index in [1.165, 1.54) is 38.5 Å². The van der Waals surface area contributed by atoms with Gasteiger partial charge in [0.15, 0.2) is 0 Å². The van der Waals surface area contributed by atoms with E-state index in [-0.39, 0.29) is 11.3 Å². The van der Waals surface area contributed by atoms with Crippen LogP contribution in [0.25, 0.3) is 0 Å². The molecule has 0 aromatic rings. The van der Waals surface area contributed by atoms with Crippen LogP contribution in [-0.4, -0.2) is 11.2 Å². The maximum atomic E-state index is 11.7. The first-order valence-electron chi connectivity index (χ1n) is 10.6. The van der Waals surface area contributed by atoms with Gasteiger partial charge in [-0.3, -0.25) is 0 Å². The van der Waals surface area contributed by atoms with E-state index >= 15 is 0 Å². The molecule has 26 heavy (non-hydrogen) atoms. The number of rotatable bonds is 15. The van der Waals surface area contributed by atoms with Crippen molar-refractivity contribution in [2.45, 2.75) is 105 Å². The third-order valence-electron chi connectivity index (χ3n) is 4.54. The molecule has 0 rings (SSSR count). The molecule has 0 aliphatic carbocycles. The predicted octanol–water partition coefficient (Wildman–Crippen LogP) is 7.48. The zero-order valence-corrected chi connectivity index (χ0v) is 17.6. The molecule has 0 aliphatic heterocycles. The van der Waals surface area contributed by atoms with E-state index in [0.717, 1.165) is 38.5 Å². The normalized spacial score (nSPS) is 13.6. The van der Waals surface area contributed by atoms with Gasteiger partial charge >= 0.3 is 5.97 Å². The standard InChI is InChI=1S/C23H42O3/c1-5-6-7-8-9-10-11-12-13-14-15-16-17-18-19-21(22(24)26-25)20-23(2,3)4/h9-10,12-13,21,25H,5-8,11,14-20H2,1-4H3/b10-9-,13-12-. The summed E-state index contributed by atoms with van der Waals surface area (Å²) in [6.07, 6.45) is 22.5. The summed E-state index contributed by atoms with van der Waals surface area (Å²) in [6.45, 7) is 8.56. The molecule has 3 nitrogen and oxygen atoms in total. The van der Waals surface area contributed by atoms with Crippen LogP contribution in [0.3, 0.4) is 0 Å². The summed E-state index contributed by atoms with van der Waals surface area (Å²) < 4.78 is 0. The SMILES string of the molecule is CCCCC/C=C\C/C=C\CCCCCCC(CC(C)(C)C)C(=O)OO. The van der Waals surface area contributed by atoms with Crippen molar-refractivity contribution in [1.29, 1.82) is 0 Å². The van der Waals surface area contributed by atoms with E-state index < -0.39 is 5.97 Å². The summed E-state index contributed by atoms with van der Waals surface area (Å²) >= 11 is 0. The van der Waals surface area contributed by atoms with Gasteiger partial charge < -0.3 is 4.89 Å². The minimum Gasteiger partial charge on any atom is -0.301 e. The molecule has 0 saturated heterocycles. The van der Waals surface area contributed by atoms with Crippen LogP contribution in [0.5, 0.6) is 0 Å². The highest BCUT2D eigenvalue weighted by Crippen LogP contribution is 2.28. The Bertz CT molecular complexity index is 391. The summed E-state index contributed by atoms with van der Waals surface area (Å²) in [5.74, 6) is -0.672. The summed E-state index contributed by atoms with van der Waals surface area (Å²) in [7, 11) is 0. The van der Waals surface area contributed by atoms with Crippen LogP contribution in [0, 0.1) is 11.3 Å². The van der Waals surface area contributed by atoms with Crippen molar-refractivity contribution < 1.29 is 14.9 Å². The van der Waals surface area contributed by atoms with Gasteiger partial charge in [-0.25, -0.2) is 4.79 Å². The Morgan fingerprint density at radius 2 is 1.50 bits per heavy atom. The molecule has 152 valence electrons. The van der Waals surface area contributed by atoms with Crippen molar-refractivity contribution in [3.63, 3.8) is 0 Å². The molecule has 0 spiro atoms. The number of hydrogen-bond donors (Lipinski definition) is 1. The predicted molar refractivity (Wildman–Crippen MR) is 111 cm³/mol. The molecule has 0 aromatic heterocycles. The summed E-state index contributed by atoms with van der Waals surface area (Å²) in [6, 6.07) is 0. The second kappa shape index (κ2) is 16.1. The van der Waals surface area contributed by atoms with E-state index in [9.17, 15) is 4.79 Å². The van der Waals surface area contributed by atoms with Crippen LogP contribution in [0.1, 0.15) is 105 Å². The molecule has 1 N–H and O–H groups in total. The number of hydrogen-bond acceptors (Lipinski definition) is 3. The van der Waals surface area contributed by atoms with Crippen LogP contribution in [0.15, 0.2) is 24.3 Å². The van der Waals surface area contributed by atoms with E-state index in [1.807, 2.05) is 0 Å². The molecule has 0 fully saturated rings. The second-order valence-electron chi connectivity index (χ2n) is 8.54. The molecule has 1 atom stereocenters. The van der Waals surface area contributed by atoms with Gasteiger partial charge in [0.25, 0.3) is 0 Å². The molecule has 0 aromatic carbocycles. The molecule has 0 saturated carbocycles. The molecular formula is C23H42O3. The van der Waals surface area contributed by atoms with E-state index in [1.54, 1.807) is 0 Å². The first-order chi connectivity index (χ1) is 12.4. The fourth-order valence-corrected chi connectivity index (χ4v) is 3.14. The first kappa shape index (κ1) is 24.9. The van der Waals surface area contributed by atoms with Crippen molar-refractivity contribution in [1.82, 2.24) is 0 Å². The Morgan fingerprint density at radius 3 is 2.04 bits per heavy atom. The van der Waals surface area contributed by atoms with Crippen molar-refractivity contribution in [2.75, 3.05) is 0 Å². The highest BCUT2D eigenvalue weighted by Gasteiger charge is 2.25. The Balaban J connectivity index is 3.69. The number of allylic oxidation sites excluding steroid dienone is 4. The van der Waals surface area contributed by atoms with Crippen LogP contribution in [0.2, 0.25) is 0 Å². The molecule has 0 radical (unpaired) electrons. The molecule has 0 amide bonds. The third kappa shape index (κ3) is 16.4. The summed E-state index contributed by atoms with van der Waals surface area (Å²) in [5.41, 5.74) is 0.0636. The van der Waals surface area contributed by atoms with Crippen LogP contribution in [0.4, 0.5) is 0 Å². The van der Waals surface area contributed by atoms with E-state index in [4.69, 9.17) is 5.26 Å². The average Bonchev–Trinajstić information content (AvgIpc) is 2.59. The highest BCUT2D eigenvalue weighted by molar-refractivity contribution is 5.71. The monoisotopic (exact) mass is 366 g/mol. The van der Waals surface area contributed by atoms with Gasteiger partial charge in [0.05, 0.1) is 5.92 Å². The molecule has 3 heteroatoms. The first-order valence-corrected chi connectivity index (χ1v) is 10.6. The molecule has 0 heterocycles. The second-order valence-corrected chi connectivity index (χ2v) is 8.54. The Kier molecular flexibility index (Phi) is 15.4. The molecular weight excluding hydrogens is 324 g/mol. The minimum absolute atomic E-state index is 0.0636. The molecule has 1 unspecified atom stereocenters. The van der Waals surface area contributed by atoms with Gasteiger partial charge in [-0.15, -0.1) is 0 Å². The van der Waals surface area contributed by atoms with Gasteiger partial charge in [-0.2, -0.15) is 5.26 Å². The number of unbranched alkanes of at least 4 members (excludes halogenated alkanes) is 7. The summed E-state index contributed by atoms with van der Waals surface area (Å²) in [5, 5.41) is 8.66. The number of carbonyl (C=O) groups is 1. The van der Waals surface area contributed by atoms with Crippen LogP contribution < -0.4 is 0 Å². The van der Waals surface area contributed by atoms with Gasteiger partial charge in [0.2, 0.25) is 0 Å². The number of carbonyl (C=O) groups excluding carboxylic acids is 1. The largest absolute Gasteiger partial charge is 0.345 e. The quantitative estimate of drug-likeness (QED) is 0.141.